The van der Waals surface area contributed by atoms with Gasteiger partial charge in [0.2, 0.25) is 0 Å². The van der Waals surface area contributed by atoms with Gasteiger partial charge in [0.05, 0.1) is 3.79 Å². The van der Waals surface area contributed by atoms with Gasteiger partial charge in [0.1, 0.15) is 0 Å². The molecule has 0 atom stereocenters. The molecule has 0 spiro atoms. The molecule has 0 aromatic carbocycles. The second kappa shape index (κ2) is 5.00. The summed E-state index contributed by atoms with van der Waals surface area (Å²) in [4.78, 5) is 4.23. The number of piperazine rings is 1. The molecule has 1 saturated carbocycles. The Morgan fingerprint density at radius 2 is 2.06 bits per heavy atom. The summed E-state index contributed by atoms with van der Waals surface area (Å²) in [5, 5.41) is 3.43. The maximum atomic E-state index is 3.60. The van der Waals surface area contributed by atoms with Crippen LogP contribution in [0.15, 0.2) is 15.9 Å². The van der Waals surface area contributed by atoms with Crippen LogP contribution in [-0.2, 0) is 5.41 Å². The monoisotopic (exact) mass is 314 g/mol. The summed E-state index contributed by atoms with van der Waals surface area (Å²) in [5.74, 6) is 0. The average Bonchev–Trinajstić information content (AvgIpc) is 2.72. The SMILES string of the molecule is Brc1ccc(C2(CN3CCNCC3)CCC2)s1. The van der Waals surface area contributed by atoms with Crippen LogP contribution in [0.4, 0.5) is 0 Å². The van der Waals surface area contributed by atoms with E-state index < -0.39 is 0 Å². The Kier molecular flexibility index (Phi) is 3.57. The molecule has 2 aliphatic rings. The minimum absolute atomic E-state index is 0.480. The van der Waals surface area contributed by atoms with Crippen molar-refractivity contribution in [2.75, 3.05) is 32.7 Å². The lowest BCUT2D eigenvalue weighted by Gasteiger charge is -2.45. The Bertz CT molecular complexity index is 381. The zero-order chi connectivity index (χ0) is 11.7. The van der Waals surface area contributed by atoms with Crippen LogP contribution in [0.5, 0.6) is 0 Å². The first-order valence-electron chi connectivity index (χ1n) is 6.47. The Morgan fingerprint density at radius 1 is 1.29 bits per heavy atom. The fourth-order valence-corrected chi connectivity index (χ4v) is 4.61. The van der Waals surface area contributed by atoms with Gasteiger partial charge in [-0.1, -0.05) is 6.42 Å². The van der Waals surface area contributed by atoms with Crippen molar-refractivity contribution in [1.82, 2.24) is 10.2 Å². The van der Waals surface area contributed by atoms with E-state index in [1.807, 2.05) is 11.3 Å². The summed E-state index contributed by atoms with van der Waals surface area (Å²) < 4.78 is 1.28. The first-order valence-corrected chi connectivity index (χ1v) is 8.08. The molecule has 1 N–H and O–H groups in total. The molecule has 94 valence electrons. The van der Waals surface area contributed by atoms with Crippen molar-refractivity contribution >= 4 is 27.3 Å². The molecule has 0 radical (unpaired) electrons. The lowest BCUT2D eigenvalue weighted by molar-refractivity contribution is 0.131. The number of hydrogen-bond acceptors (Lipinski definition) is 3. The van der Waals surface area contributed by atoms with E-state index in [1.165, 1.54) is 42.7 Å². The van der Waals surface area contributed by atoms with Crippen molar-refractivity contribution in [3.63, 3.8) is 0 Å². The molecule has 0 amide bonds. The summed E-state index contributed by atoms with van der Waals surface area (Å²) >= 11 is 5.53. The van der Waals surface area contributed by atoms with Crippen LogP contribution in [0.2, 0.25) is 0 Å². The minimum Gasteiger partial charge on any atom is -0.314 e. The molecule has 1 aliphatic heterocycles. The molecule has 2 heterocycles. The van der Waals surface area contributed by atoms with Gasteiger partial charge in [-0.15, -0.1) is 11.3 Å². The summed E-state index contributed by atoms with van der Waals surface area (Å²) in [7, 11) is 0. The summed E-state index contributed by atoms with van der Waals surface area (Å²) in [5.41, 5.74) is 0.480. The Morgan fingerprint density at radius 3 is 2.59 bits per heavy atom. The smallest absolute Gasteiger partial charge is 0.0701 e. The van der Waals surface area contributed by atoms with Crippen LogP contribution < -0.4 is 5.32 Å². The van der Waals surface area contributed by atoms with Gasteiger partial charge in [0, 0.05) is 43.0 Å². The maximum absolute atomic E-state index is 3.60. The van der Waals surface area contributed by atoms with E-state index in [4.69, 9.17) is 0 Å². The van der Waals surface area contributed by atoms with E-state index in [9.17, 15) is 0 Å². The minimum atomic E-state index is 0.480. The molecule has 1 aromatic rings. The fourth-order valence-electron chi connectivity index (χ4n) is 2.98. The largest absolute Gasteiger partial charge is 0.314 e. The van der Waals surface area contributed by atoms with Gasteiger partial charge in [-0.3, -0.25) is 4.90 Å². The average molecular weight is 315 g/mol. The van der Waals surface area contributed by atoms with Crippen LogP contribution >= 0.6 is 27.3 Å². The molecule has 2 nitrogen and oxygen atoms in total. The van der Waals surface area contributed by atoms with Gasteiger partial charge in [0.15, 0.2) is 0 Å². The molecular formula is C13H19BrN2S. The van der Waals surface area contributed by atoms with E-state index in [-0.39, 0.29) is 0 Å². The van der Waals surface area contributed by atoms with Crippen molar-refractivity contribution in [3.8, 4) is 0 Å². The number of halogens is 1. The van der Waals surface area contributed by atoms with Gasteiger partial charge >= 0.3 is 0 Å². The van der Waals surface area contributed by atoms with Crippen molar-refractivity contribution in [2.45, 2.75) is 24.7 Å². The van der Waals surface area contributed by atoms with Crippen molar-refractivity contribution in [2.24, 2.45) is 0 Å². The van der Waals surface area contributed by atoms with E-state index in [0.717, 1.165) is 13.1 Å². The first kappa shape index (κ1) is 12.2. The lowest BCUT2D eigenvalue weighted by Crippen LogP contribution is -2.51. The summed E-state index contributed by atoms with van der Waals surface area (Å²) in [6, 6.07) is 4.54. The van der Waals surface area contributed by atoms with Crippen LogP contribution in [0.1, 0.15) is 24.1 Å². The first-order chi connectivity index (χ1) is 8.28. The van der Waals surface area contributed by atoms with Crippen molar-refractivity contribution in [3.05, 3.63) is 20.8 Å². The third kappa shape index (κ3) is 2.46. The molecule has 1 aromatic heterocycles. The number of rotatable bonds is 3. The molecule has 1 aliphatic carbocycles. The third-order valence-corrected chi connectivity index (χ3v) is 6.01. The van der Waals surface area contributed by atoms with E-state index in [1.54, 1.807) is 4.88 Å². The Hall–Kier alpha value is 0.1000. The molecule has 0 bridgehead atoms. The fraction of sp³-hybridized carbons (Fsp3) is 0.692. The lowest BCUT2D eigenvalue weighted by atomic mass is 9.67. The van der Waals surface area contributed by atoms with Crippen molar-refractivity contribution < 1.29 is 0 Å². The molecular weight excluding hydrogens is 296 g/mol. The number of thiophene rings is 1. The van der Waals surface area contributed by atoms with E-state index >= 15 is 0 Å². The molecule has 1 saturated heterocycles. The van der Waals surface area contributed by atoms with Gasteiger partial charge in [0.25, 0.3) is 0 Å². The molecule has 3 rings (SSSR count). The van der Waals surface area contributed by atoms with Crippen molar-refractivity contribution in [1.29, 1.82) is 0 Å². The molecule has 17 heavy (non-hydrogen) atoms. The number of nitrogens with zero attached hydrogens (tertiary/aromatic N) is 1. The second-order valence-corrected chi connectivity index (χ2v) is 7.73. The van der Waals surface area contributed by atoms with E-state index in [2.05, 4.69) is 38.3 Å². The summed E-state index contributed by atoms with van der Waals surface area (Å²) in [6.07, 6.45) is 4.16. The second-order valence-electron chi connectivity index (χ2n) is 5.26. The maximum Gasteiger partial charge on any atom is 0.0701 e. The quantitative estimate of drug-likeness (QED) is 0.923. The zero-order valence-corrected chi connectivity index (χ0v) is 12.4. The topological polar surface area (TPSA) is 15.3 Å². The number of nitrogens with one attached hydrogen (secondary N) is 1. The molecule has 0 unspecified atom stereocenters. The highest BCUT2D eigenvalue weighted by Crippen LogP contribution is 2.47. The van der Waals surface area contributed by atoms with Gasteiger partial charge in [-0.05, 0) is 40.9 Å². The highest BCUT2D eigenvalue weighted by Gasteiger charge is 2.41. The number of hydrogen-bond donors (Lipinski definition) is 1. The zero-order valence-electron chi connectivity index (χ0n) is 10.0. The Balaban J connectivity index is 1.73. The van der Waals surface area contributed by atoms with Gasteiger partial charge < -0.3 is 5.32 Å². The predicted octanol–water partition coefficient (Wildman–Crippen LogP) is 2.84. The standard InChI is InChI=1S/C13H19BrN2S/c14-12-3-2-11(17-12)13(4-1-5-13)10-16-8-6-15-7-9-16/h2-3,15H,1,4-10H2. The normalized spacial score (nSPS) is 24.5. The highest BCUT2D eigenvalue weighted by molar-refractivity contribution is 9.11. The third-order valence-electron chi connectivity index (χ3n) is 4.14. The van der Waals surface area contributed by atoms with Crippen LogP contribution in [0, 0.1) is 0 Å². The van der Waals surface area contributed by atoms with Crippen LogP contribution in [-0.4, -0.2) is 37.6 Å². The highest BCUT2D eigenvalue weighted by atomic mass is 79.9. The molecule has 2 fully saturated rings. The van der Waals surface area contributed by atoms with Crippen LogP contribution in [0.3, 0.4) is 0 Å². The van der Waals surface area contributed by atoms with Gasteiger partial charge in [-0.2, -0.15) is 0 Å². The van der Waals surface area contributed by atoms with E-state index in [0.29, 0.717) is 5.41 Å². The van der Waals surface area contributed by atoms with Crippen LogP contribution in [0.25, 0.3) is 0 Å². The van der Waals surface area contributed by atoms with Gasteiger partial charge in [-0.25, -0.2) is 0 Å². The molecule has 4 heteroatoms. The predicted molar refractivity (Wildman–Crippen MR) is 76.9 cm³/mol. The summed E-state index contributed by atoms with van der Waals surface area (Å²) in [6.45, 7) is 6.01. The Labute approximate surface area is 116 Å².